The Bertz CT molecular complexity index is 293. The zero-order chi connectivity index (χ0) is 10.7. The number of hydrogen-bond donors (Lipinski definition) is 0. The molecule has 2 rings (SSSR count). The van der Waals surface area contributed by atoms with Crippen molar-refractivity contribution in [2.24, 2.45) is 5.92 Å². The largest absolute Gasteiger partial charge is 0.303 e. The number of likely N-dealkylation sites (tertiary alicyclic amines) is 1. The Hall–Kier alpha value is -0.820. The van der Waals surface area contributed by atoms with Crippen LogP contribution in [0.5, 0.6) is 0 Å². The molecule has 1 aliphatic heterocycles. The SMILES string of the molecule is CCN1CCC(c2ccccc2)C(C)C1. The molecule has 1 aromatic carbocycles. The first-order chi connectivity index (χ1) is 7.31. The number of rotatable bonds is 2. The minimum Gasteiger partial charge on any atom is -0.303 e. The van der Waals surface area contributed by atoms with E-state index in [0.29, 0.717) is 0 Å². The van der Waals surface area contributed by atoms with Crippen molar-refractivity contribution < 1.29 is 0 Å². The third kappa shape index (κ3) is 2.40. The molecule has 0 saturated carbocycles. The van der Waals surface area contributed by atoms with Crippen LogP contribution in [-0.2, 0) is 0 Å². The van der Waals surface area contributed by atoms with Gasteiger partial charge in [-0.05, 0) is 36.9 Å². The van der Waals surface area contributed by atoms with Crippen molar-refractivity contribution in [3.63, 3.8) is 0 Å². The lowest BCUT2D eigenvalue weighted by Gasteiger charge is -2.36. The molecule has 1 aromatic rings. The summed E-state index contributed by atoms with van der Waals surface area (Å²) in [6.07, 6.45) is 1.32. The van der Waals surface area contributed by atoms with Gasteiger partial charge in [-0.3, -0.25) is 0 Å². The first kappa shape index (κ1) is 10.7. The van der Waals surface area contributed by atoms with Gasteiger partial charge in [-0.25, -0.2) is 0 Å². The van der Waals surface area contributed by atoms with Crippen molar-refractivity contribution in [3.8, 4) is 0 Å². The van der Waals surface area contributed by atoms with Crippen LogP contribution in [0.25, 0.3) is 0 Å². The predicted molar refractivity (Wildman–Crippen MR) is 65.1 cm³/mol. The van der Waals surface area contributed by atoms with Crippen molar-refractivity contribution in [3.05, 3.63) is 35.9 Å². The molecule has 15 heavy (non-hydrogen) atoms. The van der Waals surface area contributed by atoms with Gasteiger partial charge in [0.2, 0.25) is 0 Å². The van der Waals surface area contributed by atoms with E-state index in [9.17, 15) is 0 Å². The van der Waals surface area contributed by atoms with Gasteiger partial charge in [0.05, 0.1) is 0 Å². The smallest absolute Gasteiger partial charge is 0.00128 e. The Kier molecular flexibility index (Phi) is 3.42. The molecule has 1 saturated heterocycles. The second kappa shape index (κ2) is 4.80. The fraction of sp³-hybridized carbons (Fsp3) is 0.571. The molecule has 1 nitrogen and oxygen atoms in total. The Morgan fingerprint density at radius 2 is 2.00 bits per heavy atom. The maximum Gasteiger partial charge on any atom is 0.00128 e. The second-order valence-corrected chi connectivity index (χ2v) is 4.68. The van der Waals surface area contributed by atoms with Gasteiger partial charge < -0.3 is 4.90 Å². The van der Waals surface area contributed by atoms with Crippen molar-refractivity contribution >= 4 is 0 Å². The Morgan fingerprint density at radius 1 is 1.27 bits per heavy atom. The minimum absolute atomic E-state index is 0.772. The van der Waals surface area contributed by atoms with Crippen LogP contribution in [-0.4, -0.2) is 24.5 Å². The molecule has 0 aliphatic carbocycles. The summed E-state index contributed by atoms with van der Waals surface area (Å²) in [6.45, 7) is 8.37. The zero-order valence-corrected chi connectivity index (χ0v) is 9.82. The summed E-state index contributed by atoms with van der Waals surface area (Å²) in [6, 6.07) is 11.0. The third-order valence-electron chi connectivity index (χ3n) is 3.66. The highest BCUT2D eigenvalue weighted by molar-refractivity contribution is 5.20. The van der Waals surface area contributed by atoms with Gasteiger partial charge in [0.25, 0.3) is 0 Å². The van der Waals surface area contributed by atoms with Crippen molar-refractivity contribution in [2.75, 3.05) is 19.6 Å². The average Bonchev–Trinajstić information content (AvgIpc) is 2.30. The molecule has 1 heteroatoms. The summed E-state index contributed by atoms with van der Waals surface area (Å²) in [5, 5.41) is 0. The molecule has 0 N–H and O–H groups in total. The predicted octanol–water partition coefficient (Wildman–Crippen LogP) is 3.13. The highest BCUT2D eigenvalue weighted by Crippen LogP contribution is 2.32. The van der Waals surface area contributed by atoms with E-state index in [1.54, 1.807) is 0 Å². The van der Waals surface area contributed by atoms with Gasteiger partial charge in [-0.15, -0.1) is 0 Å². The van der Waals surface area contributed by atoms with Gasteiger partial charge in [-0.1, -0.05) is 44.2 Å². The van der Waals surface area contributed by atoms with Crippen molar-refractivity contribution in [1.29, 1.82) is 0 Å². The van der Waals surface area contributed by atoms with E-state index in [1.807, 2.05) is 0 Å². The van der Waals surface area contributed by atoms with Gasteiger partial charge in [0.1, 0.15) is 0 Å². The van der Waals surface area contributed by atoms with Crippen LogP contribution in [0.2, 0.25) is 0 Å². The highest BCUT2D eigenvalue weighted by atomic mass is 15.1. The third-order valence-corrected chi connectivity index (χ3v) is 3.66. The molecule has 2 unspecified atom stereocenters. The Morgan fingerprint density at radius 3 is 2.60 bits per heavy atom. The number of piperidine rings is 1. The number of benzene rings is 1. The van der Waals surface area contributed by atoms with E-state index in [0.717, 1.165) is 11.8 Å². The van der Waals surface area contributed by atoms with Crippen LogP contribution in [0.1, 0.15) is 31.7 Å². The molecule has 1 aliphatic rings. The molecule has 1 heterocycles. The number of nitrogens with zero attached hydrogens (tertiary/aromatic N) is 1. The number of hydrogen-bond acceptors (Lipinski definition) is 1. The van der Waals surface area contributed by atoms with E-state index in [-0.39, 0.29) is 0 Å². The van der Waals surface area contributed by atoms with Gasteiger partial charge in [-0.2, -0.15) is 0 Å². The molecule has 2 atom stereocenters. The van der Waals surface area contributed by atoms with Crippen LogP contribution >= 0.6 is 0 Å². The van der Waals surface area contributed by atoms with Crippen LogP contribution in [0.3, 0.4) is 0 Å². The standard InChI is InChI=1S/C14H21N/c1-3-15-10-9-14(12(2)11-15)13-7-5-4-6-8-13/h4-8,12,14H,3,9-11H2,1-2H3. The van der Waals surface area contributed by atoms with E-state index in [1.165, 1.54) is 31.6 Å². The van der Waals surface area contributed by atoms with E-state index in [4.69, 9.17) is 0 Å². The molecule has 0 bridgehead atoms. The lowest BCUT2D eigenvalue weighted by atomic mass is 9.82. The lowest BCUT2D eigenvalue weighted by molar-refractivity contribution is 0.170. The van der Waals surface area contributed by atoms with Crippen LogP contribution in [0.4, 0.5) is 0 Å². The molecule has 0 radical (unpaired) electrons. The summed E-state index contributed by atoms with van der Waals surface area (Å²) in [5.41, 5.74) is 1.53. The Labute approximate surface area is 93.1 Å². The maximum absolute atomic E-state index is 2.56. The lowest BCUT2D eigenvalue weighted by Crippen LogP contribution is -2.38. The highest BCUT2D eigenvalue weighted by Gasteiger charge is 2.25. The fourth-order valence-electron chi connectivity index (χ4n) is 2.71. The van der Waals surface area contributed by atoms with Gasteiger partial charge in [0, 0.05) is 6.54 Å². The van der Waals surface area contributed by atoms with Crippen LogP contribution in [0.15, 0.2) is 30.3 Å². The molecule has 0 amide bonds. The maximum atomic E-state index is 2.56. The summed E-state index contributed by atoms with van der Waals surface area (Å²) >= 11 is 0. The summed E-state index contributed by atoms with van der Waals surface area (Å²) in [5.74, 6) is 1.56. The second-order valence-electron chi connectivity index (χ2n) is 4.68. The fourth-order valence-corrected chi connectivity index (χ4v) is 2.71. The molecular weight excluding hydrogens is 182 g/mol. The van der Waals surface area contributed by atoms with Gasteiger partial charge in [0.15, 0.2) is 0 Å². The molecule has 82 valence electrons. The zero-order valence-electron chi connectivity index (χ0n) is 9.82. The summed E-state index contributed by atoms with van der Waals surface area (Å²) in [7, 11) is 0. The van der Waals surface area contributed by atoms with Gasteiger partial charge >= 0.3 is 0 Å². The summed E-state index contributed by atoms with van der Waals surface area (Å²) < 4.78 is 0. The summed E-state index contributed by atoms with van der Waals surface area (Å²) in [4.78, 5) is 2.56. The average molecular weight is 203 g/mol. The van der Waals surface area contributed by atoms with E-state index < -0.39 is 0 Å². The quantitative estimate of drug-likeness (QED) is 0.714. The van der Waals surface area contributed by atoms with Crippen LogP contribution < -0.4 is 0 Å². The minimum atomic E-state index is 0.772. The van der Waals surface area contributed by atoms with E-state index >= 15 is 0 Å². The monoisotopic (exact) mass is 203 g/mol. The topological polar surface area (TPSA) is 3.24 Å². The Balaban J connectivity index is 2.06. The molecular formula is C14H21N. The molecule has 0 spiro atoms. The normalized spacial score (nSPS) is 27.9. The van der Waals surface area contributed by atoms with E-state index in [2.05, 4.69) is 49.1 Å². The van der Waals surface area contributed by atoms with Crippen molar-refractivity contribution in [2.45, 2.75) is 26.2 Å². The van der Waals surface area contributed by atoms with Crippen molar-refractivity contribution in [1.82, 2.24) is 4.90 Å². The first-order valence-electron chi connectivity index (χ1n) is 6.08. The first-order valence-corrected chi connectivity index (χ1v) is 6.08. The molecule has 1 fully saturated rings. The molecule has 0 aromatic heterocycles. The van der Waals surface area contributed by atoms with Crippen LogP contribution in [0, 0.1) is 5.92 Å².